The lowest BCUT2D eigenvalue weighted by molar-refractivity contribution is 0.152. The van der Waals surface area contributed by atoms with Gasteiger partial charge in [-0.2, -0.15) is 0 Å². The highest BCUT2D eigenvalue weighted by Gasteiger charge is 2.27. The van der Waals surface area contributed by atoms with E-state index >= 15 is 0 Å². The van der Waals surface area contributed by atoms with Crippen LogP contribution in [0.5, 0.6) is 5.75 Å². The summed E-state index contributed by atoms with van der Waals surface area (Å²) >= 11 is 5.94. The summed E-state index contributed by atoms with van der Waals surface area (Å²) in [5.41, 5.74) is 6.12. The largest absolute Gasteiger partial charge is 0.489 e. The first-order valence-corrected chi connectivity index (χ1v) is 13.0. The number of hydrogen-bond acceptors (Lipinski definition) is 3. The topological polar surface area (TPSA) is 15.7 Å². The Morgan fingerprint density at radius 3 is 1.97 bits per heavy atom. The van der Waals surface area contributed by atoms with Crippen molar-refractivity contribution >= 4 is 17.2 Å². The van der Waals surface area contributed by atoms with Crippen molar-refractivity contribution in [2.24, 2.45) is 0 Å². The molecule has 0 amide bonds. The first kappa shape index (κ1) is 24.2. The number of piperazine rings is 1. The zero-order chi connectivity index (χ0) is 24.7. The van der Waals surface area contributed by atoms with E-state index in [2.05, 4.69) is 114 Å². The second kappa shape index (κ2) is 11.5. The molecule has 4 heteroatoms. The minimum atomic E-state index is 0.252. The van der Waals surface area contributed by atoms with Gasteiger partial charge in [-0.3, -0.25) is 4.90 Å². The van der Waals surface area contributed by atoms with Crippen molar-refractivity contribution in [3.05, 3.63) is 137 Å². The van der Waals surface area contributed by atoms with Gasteiger partial charge in [0.15, 0.2) is 0 Å². The number of thiocarbonyl (C=S) groups is 1. The summed E-state index contributed by atoms with van der Waals surface area (Å²) in [6, 6.07) is 38.5. The fourth-order valence-corrected chi connectivity index (χ4v) is 5.13. The second-order valence-electron chi connectivity index (χ2n) is 9.35. The Labute approximate surface area is 220 Å². The van der Waals surface area contributed by atoms with Gasteiger partial charge in [0.2, 0.25) is 0 Å². The fourth-order valence-electron chi connectivity index (χ4n) is 4.82. The molecule has 0 spiro atoms. The molecular weight excluding hydrogens is 460 g/mol. The Balaban J connectivity index is 1.24. The monoisotopic (exact) mass is 492 g/mol. The van der Waals surface area contributed by atoms with E-state index < -0.39 is 0 Å². The molecule has 0 bridgehead atoms. The van der Waals surface area contributed by atoms with E-state index in [9.17, 15) is 0 Å². The van der Waals surface area contributed by atoms with Crippen LogP contribution in [0.3, 0.4) is 0 Å². The van der Waals surface area contributed by atoms with Gasteiger partial charge in [-0.1, -0.05) is 115 Å². The molecule has 4 aromatic rings. The summed E-state index contributed by atoms with van der Waals surface area (Å²) in [6.07, 6.45) is 0. The molecule has 0 saturated carbocycles. The fraction of sp³-hybridized carbons (Fsp3) is 0.219. The van der Waals surface area contributed by atoms with E-state index in [1.165, 1.54) is 16.7 Å². The SMILES string of the molecule is Cc1ccc(COc2cccc(C(=S)N3CCN(C(c4ccccc4)c4ccccc4)CC3)c2)cc1. The number of hydrogen-bond donors (Lipinski definition) is 0. The normalized spacial score (nSPS) is 14.1. The molecule has 1 saturated heterocycles. The van der Waals surface area contributed by atoms with Gasteiger partial charge in [-0.25, -0.2) is 0 Å². The van der Waals surface area contributed by atoms with E-state index in [1.54, 1.807) is 0 Å². The van der Waals surface area contributed by atoms with Crippen molar-refractivity contribution in [2.45, 2.75) is 19.6 Å². The van der Waals surface area contributed by atoms with E-state index in [-0.39, 0.29) is 6.04 Å². The van der Waals surface area contributed by atoms with Crippen LogP contribution in [0.15, 0.2) is 109 Å². The molecule has 1 aliphatic rings. The Hall–Kier alpha value is -3.47. The van der Waals surface area contributed by atoms with E-state index in [0.717, 1.165) is 48.0 Å². The van der Waals surface area contributed by atoms with Crippen LogP contribution in [0, 0.1) is 6.92 Å². The standard InChI is InChI=1S/C32H32N2OS/c1-25-15-17-26(18-16-25)24-35-30-14-8-13-29(23-30)32(36)34-21-19-33(20-22-34)31(27-9-4-2-5-10-27)28-11-6-3-7-12-28/h2-18,23,31H,19-22,24H2,1H3. The van der Waals surface area contributed by atoms with Gasteiger partial charge in [-0.15, -0.1) is 0 Å². The quantitative estimate of drug-likeness (QED) is 0.268. The second-order valence-corrected chi connectivity index (χ2v) is 9.74. The summed E-state index contributed by atoms with van der Waals surface area (Å²) in [7, 11) is 0. The molecule has 4 aromatic carbocycles. The van der Waals surface area contributed by atoms with Crippen LogP contribution in [0.25, 0.3) is 0 Å². The van der Waals surface area contributed by atoms with Crippen molar-refractivity contribution in [3.63, 3.8) is 0 Å². The summed E-state index contributed by atoms with van der Waals surface area (Å²) in [5, 5.41) is 0. The highest BCUT2D eigenvalue weighted by Crippen LogP contribution is 2.30. The maximum atomic E-state index is 6.07. The average molecular weight is 493 g/mol. The number of aryl methyl sites for hydroxylation is 1. The van der Waals surface area contributed by atoms with Gasteiger partial charge in [0, 0.05) is 31.7 Å². The molecule has 5 rings (SSSR count). The minimum absolute atomic E-state index is 0.252. The third kappa shape index (κ3) is 5.84. The molecule has 36 heavy (non-hydrogen) atoms. The van der Waals surface area contributed by atoms with Gasteiger partial charge >= 0.3 is 0 Å². The van der Waals surface area contributed by atoms with Gasteiger partial charge < -0.3 is 9.64 Å². The molecule has 1 aliphatic heterocycles. The molecule has 182 valence electrons. The van der Waals surface area contributed by atoms with Crippen LogP contribution in [-0.2, 0) is 6.61 Å². The Bertz CT molecular complexity index is 1230. The van der Waals surface area contributed by atoms with Crippen molar-refractivity contribution in [3.8, 4) is 5.75 Å². The van der Waals surface area contributed by atoms with Gasteiger partial charge in [0.25, 0.3) is 0 Å². The third-order valence-electron chi connectivity index (χ3n) is 6.80. The Morgan fingerprint density at radius 1 is 0.750 bits per heavy atom. The van der Waals surface area contributed by atoms with Crippen LogP contribution in [-0.4, -0.2) is 41.0 Å². The summed E-state index contributed by atoms with van der Waals surface area (Å²) in [6.45, 7) is 6.37. The van der Waals surface area contributed by atoms with Crippen LogP contribution in [0.2, 0.25) is 0 Å². The number of nitrogens with zero attached hydrogens (tertiary/aromatic N) is 2. The Morgan fingerprint density at radius 2 is 1.36 bits per heavy atom. The molecular formula is C32H32N2OS. The Kier molecular flexibility index (Phi) is 7.75. The molecule has 0 aromatic heterocycles. The molecule has 0 aliphatic carbocycles. The maximum absolute atomic E-state index is 6.07. The molecule has 1 fully saturated rings. The van der Waals surface area contributed by atoms with Crippen molar-refractivity contribution in [1.82, 2.24) is 9.80 Å². The lowest BCUT2D eigenvalue weighted by Gasteiger charge is -2.40. The van der Waals surface area contributed by atoms with Gasteiger partial charge in [-0.05, 0) is 35.7 Å². The lowest BCUT2D eigenvalue weighted by Crippen LogP contribution is -2.49. The first-order chi connectivity index (χ1) is 17.7. The highest BCUT2D eigenvalue weighted by molar-refractivity contribution is 7.80. The van der Waals surface area contributed by atoms with Crippen LogP contribution in [0.4, 0.5) is 0 Å². The first-order valence-electron chi connectivity index (χ1n) is 12.6. The summed E-state index contributed by atoms with van der Waals surface area (Å²) in [4.78, 5) is 5.80. The van der Waals surface area contributed by atoms with Crippen LogP contribution in [0.1, 0.15) is 33.9 Å². The van der Waals surface area contributed by atoms with Gasteiger partial charge in [0.05, 0.1) is 6.04 Å². The van der Waals surface area contributed by atoms with Gasteiger partial charge in [0.1, 0.15) is 17.3 Å². The number of rotatable bonds is 7. The third-order valence-corrected chi connectivity index (χ3v) is 7.30. The zero-order valence-electron chi connectivity index (χ0n) is 20.7. The number of benzene rings is 4. The number of ether oxygens (including phenoxy) is 1. The molecule has 0 unspecified atom stereocenters. The highest BCUT2D eigenvalue weighted by atomic mass is 32.1. The average Bonchev–Trinajstić information content (AvgIpc) is 2.94. The van der Waals surface area contributed by atoms with E-state index in [1.807, 2.05) is 12.1 Å². The molecule has 3 nitrogen and oxygen atoms in total. The van der Waals surface area contributed by atoms with Crippen LogP contribution < -0.4 is 4.74 Å². The smallest absolute Gasteiger partial charge is 0.120 e. The maximum Gasteiger partial charge on any atom is 0.120 e. The lowest BCUT2D eigenvalue weighted by atomic mass is 9.96. The van der Waals surface area contributed by atoms with Crippen molar-refractivity contribution in [2.75, 3.05) is 26.2 Å². The zero-order valence-corrected chi connectivity index (χ0v) is 21.5. The molecule has 1 heterocycles. The molecule has 0 N–H and O–H groups in total. The van der Waals surface area contributed by atoms with Crippen molar-refractivity contribution < 1.29 is 4.74 Å². The summed E-state index contributed by atoms with van der Waals surface area (Å²) in [5.74, 6) is 0.849. The molecule has 0 atom stereocenters. The predicted molar refractivity (Wildman–Crippen MR) is 152 cm³/mol. The van der Waals surface area contributed by atoms with Crippen molar-refractivity contribution in [1.29, 1.82) is 0 Å². The molecule has 0 radical (unpaired) electrons. The predicted octanol–water partition coefficient (Wildman–Crippen LogP) is 6.66. The van der Waals surface area contributed by atoms with Crippen LogP contribution >= 0.6 is 12.2 Å². The minimum Gasteiger partial charge on any atom is -0.489 e. The van der Waals surface area contributed by atoms with E-state index in [4.69, 9.17) is 17.0 Å². The summed E-state index contributed by atoms with van der Waals surface area (Å²) < 4.78 is 6.07. The van der Waals surface area contributed by atoms with E-state index in [0.29, 0.717) is 6.61 Å².